The molecule has 2 nitrogen and oxygen atoms in total. The number of hydrogen-bond acceptors (Lipinski definition) is 3. The SMILES string of the molecule is c1ccc(-c2coc3c2ccc2oc4cccc(-c5c6ccccc6c(-c6ccc7c(c6)sc6ccccc67)c6ccccc56)c4c23)cc1. The minimum atomic E-state index is 0.825. The van der Waals surface area contributed by atoms with E-state index < -0.39 is 0 Å². The molecule has 3 aromatic heterocycles. The van der Waals surface area contributed by atoms with Crippen LogP contribution in [0.5, 0.6) is 0 Å². The monoisotopic (exact) mass is 642 g/mol. The van der Waals surface area contributed by atoms with Crippen LogP contribution in [0.4, 0.5) is 0 Å². The first-order valence-corrected chi connectivity index (χ1v) is 17.4. The summed E-state index contributed by atoms with van der Waals surface area (Å²) < 4.78 is 15.6. The summed E-state index contributed by atoms with van der Waals surface area (Å²) in [5, 5.41) is 10.7. The molecule has 0 radical (unpaired) electrons. The van der Waals surface area contributed by atoms with Gasteiger partial charge in [0.25, 0.3) is 0 Å². The van der Waals surface area contributed by atoms with E-state index in [1.165, 1.54) is 58.4 Å². The van der Waals surface area contributed by atoms with Crippen LogP contribution in [0.1, 0.15) is 0 Å². The van der Waals surface area contributed by atoms with E-state index in [2.05, 4.69) is 146 Å². The first-order valence-electron chi connectivity index (χ1n) is 16.6. The van der Waals surface area contributed by atoms with Crippen molar-refractivity contribution in [3.05, 3.63) is 158 Å². The molecular formula is C46H26O2S. The Morgan fingerprint density at radius 3 is 1.80 bits per heavy atom. The molecule has 3 heterocycles. The second-order valence-corrected chi connectivity index (χ2v) is 13.8. The van der Waals surface area contributed by atoms with E-state index >= 15 is 0 Å². The third kappa shape index (κ3) is 3.82. The molecule has 0 fully saturated rings. The largest absolute Gasteiger partial charge is 0.463 e. The normalized spacial score (nSPS) is 12.1. The van der Waals surface area contributed by atoms with Gasteiger partial charge < -0.3 is 8.83 Å². The summed E-state index contributed by atoms with van der Waals surface area (Å²) in [6, 6.07) is 54.5. The van der Waals surface area contributed by atoms with Crippen molar-refractivity contribution in [3.8, 4) is 33.4 Å². The minimum Gasteiger partial charge on any atom is -0.463 e. The van der Waals surface area contributed by atoms with E-state index in [1.54, 1.807) is 0 Å². The molecule has 0 saturated carbocycles. The second-order valence-electron chi connectivity index (χ2n) is 12.8. The lowest BCUT2D eigenvalue weighted by Gasteiger charge is -2.18. The van der Waals surface area contributed by atoms with E-state index in [0.717, 1.165) is 49.6 Å². The topological polar surface area (TPSA) is 26.3 Å². The van der Waals surface area contributed by atoms with Gasteiger partial charge in [0.05, 0.1) is 11.6 Å². The molecular weight excluding hydrogens is 617 g/mol. The second kappa shape index (κ2) is 10.2. The van der Waals surface area contributed by atoms with Gasteiger partial charge in [-0.25, -0.2) is 0 Å². The first-order chi connectivity index (χ1) is 24.3. The van der Waals surface area contributed by atoms with Crippen LogP contribution < -0.4 is 0 Å². The van der Waals surface area contributed by atoms with E-state index in [1.807, 2.05) is 23.7 Å². The van der Waals surface area contributed by atoms with Gasteiger partial charge in [0.2, 0.25) is 0 Å². The van der Waals surface area contributed by atoms with Crippen LogP contribution in [-0.2, 0) is 0 Å². The van der Waals surface area contributed by atoms with Crippen LogP contribution in [0.2, 0.25) is 0 Å². The lowest BCUT2D eigenvalue weighted by molar-refractivity contribution is 0.619. The smallest absolute Gasteiger partial charge is 0.146 e. The molecule has 0 aliphatic heterocycles. The minimum absolute atomic E-state index is 0.825. The highest BCUT2D eigenvalue weighted by Gasteiger charge is 2.23. The Morgan fingerprint density at radius 2 is 1.02 bits per heavy atom. The van der Waals surface area contributed by atoms with Crippen molar-refractivity contribution in [2.75, 3.05) is 0 Å². The Kier molecular flexibility index (Phi) is 5.57. The Bertz CT molecular complexity index is 3050. The highest BCUT2D eigenvalue weighted by molar-refractivity contribution is 7.25. The molecule has 49 heavy (non-hydrogen) atoms. The van der Waals surface area contributed by atoms with Crippen molar-refractivity contribution in [2.24, 2.45) is 0 Å². The van der Waals surface area contributed by atoms with Crippen molar-refractivity contribution in [1.29, 1.82) is 0 Å². The molecule has 0 aliphatic rings. The third-order valence-electron chi connectivity index (χ3n) is 10.2. The Labute approximate surface area is 285 Å². The predicted octanol–water partition coefficient (Wildman–Crippen LogP) is 14.0. The van der Waals surface area contributed by atoms with Gasteiger partial charge in [0.1, 0.15) is 16.7 Å². The fourth-order valence-electron chi connectivity index (χ4n) is 8.06. The third-order valence-corrected chi connectivity index (χ3v) is 11.3. The maximum atomic E-state index is 6.56. The van der Waals surface area contributed by atoms with Crippen LogP contribution in [0.25, 0.3) is 108 Å². The van der Waals surface area contributed by atoms with Gasteiger partial charge in [-0.15, -0.1) is 11.3 Å². The summed E-state index contributed by atoms with van der Waals surface area (Å²) in [5.41, 5.74) is 9.59. The molecule has 0 spiro atoms. The molecule has 0 amide bonds. The molecule has 0 bridgehead atoms. The van der Waals surface area contributed by atoms with E-state index in [0.29, 0.717) is 0 Å². The molecule has 11 aromatic rings. The average Bonchev–Trinajstić information content (AvgIpc) is 3.87. The summed E-state index contributed by atoms with van der Waals surface area (Å²) in [4.78, 5) is 0. The first kappa shape index (κ1) is 26.9. The Balaban J connectivity index is 1.23. The van der Waals surface area contributed by atoms with E-state index in [9.17, 15) is 0 Å². The fraction of sp³-hybridized carbons (Fsp3) is 0. The van der Waals surface area contributed by atoms with E-state index in [-0.39, 0.29) is 0 Å². The number of furan rings is 2. The number of rotatable bonds is 3. The summed E-state index contributed by atoms with van der Waals surface area (Å²) in [6.07, 6.45) is 1.88. The van der Waals surface area contributed by atoms with Crippen LogP contribution in [0, 0.1) is 0 Å². The molecule has 0 N–H and O–H groups in total. The summed E-state index contributed by atoms with van der Waals surface area (Å²) >= 11 is 1.87. The predicted molar refractivity (Wildman–Crippen MR) is 208 cm³/mol. The molecule has 8 aromatic carbocycles. The molecule has 0 unspecified atom stereocenters. The van der Waals surface area contributed by atoms with Crippen molar-refractivity contribution in [3.63, 3.8) is 0 Å². The van der Waals surface area contributed by atoms with Gasteiger partial charge >= 0.3 is 0 Å². The standard InChI is InChI=1S/C46H26O2S/c1-2-11-27(12-3-1)37-26-47-46-35(37)23-24-39-45(46)44-36(18-10-19-38(44)48-39)43-33-16-6-4-14-31(33)42(32-15-5-7-17-34(32)43)28-21-22-30-29-13-8-9-20-40(29)49-41(30)25-28/h1-26H. The molecule has 0 aliphatic carbocycles. The van der Waals surface area contributed by atoms with Crippen LogP contribution >= 0.6 is 11.3 Å². The number of fused-ring (bicyclic) bond motifs is 10. The van der Waals surface area contributed by atoms with Crippen molar-refractivity contribution >= 4 is 86.0 Å². The van der Waals surface area contributed by atoms with Gasteiger partial charge in [0.15, 0.2) is 0 Å². The van der Waals surface area contributed by atoms with Crippen LogP contribution in [0.3, 0.4) is 0 Å². The highest BCUT2D eigenvalue weighted by atomic mass is 32.1. The maximum Gasteiger partial charge on any atom is 0.146 e. The van der Waals surface area contributed by atoms with Gasteiger partial charge in [-0.3, -0.25) is 0 Å². The summed E-state index contributed by atoms with van der Waals surface area (Å²) in [7, 11) is 0. The molecule has 11 rings (SSSR count). The lowest BCUT2D eigenvalue weighted by atomic mass is 9.85. The Morgan fingerprint density at radius 1 is 0.388 bits per heavy atom. The molecule has 0 atom stereocenters. The van der Waals surface area contributed by atoms with Crippen molar-refractivity contribution in [2.45, 2.75) is 0 Å². The van der Waals surface area contributed by atoms with Crippen molar-refractivity contribution in [1.82, 2.24) is 0 Å². The average molecular weight is 643 g/mol. The quantitative estimate of drug-likeness (QED) is 0.179. The van der Waals surface area contributed by atoms with Gasteiger partial charge in [-0.2, -0.15) is 0 Å². The zero-order valence-electron chi connectivity index (χ0n) is 26.2. The summed E-state index contributed by atoms with van der Waals surface area (Å²) in [5.74, 6) is 0. The van der Waals surface area contributed by atoms with Gasteiger partial charge in [0, 0.05) is 36.5 Å². The van der Waals surface area contributed by atoms with Crippen LogP contribution in [0.15, 0.2) is 167 Å². The molecule has 228 valence electrons. The zero-order chi connectivity index (χ0) is 32.1. The fourth-order valence-corrected chi connectivity index (χ4v) is 9.20. The molecule has 3 heteroatoms. The van der Waals surface area contributed by atoms with Gasteiger partial charge in [-0.05, 0) is 79.7 Å². The van der Waals surface area contributed by atoms with Crippen molar-refractivity contribution < 1.29 is 8.83 Å². The van der Waals surface area contributed by atoms with E-state index in [4.69, 9.17) is 8.83 Å². The Hall–Kier alpha value is -6.16. The van der Waals surface area contributed by atoms with Crippen LogP contribution in [-0.4, -0.2) is 0 Å². The summed E-state index contributed by atoms with van der Waals surface area (Å²) in [6.45, 7) is 0. The number of benzene rings is 8. The zero-order valence-corrected chi connectivity index (χ0v) is 27.1. The molecule has 0 saturated heterocycles. The maximum absolute atomic E-state index is 6.56. The van der Waals surface area contributed by atoms with Gasteiger partial charge in [-0.1, -0.05) is 121 Å². The lowest BCUT2D eigenvalue weighted by Crippen LogP contribution is -1.91. The number of hydrogen-bond donors (Lipinski definition) is 0. The highest BCUT2D eigenvalue weighted by Crippen LogP contribution is 2.49. The number of thiophene rings is 1.